The zero-order valence-corrected chi connectivity index (χ0v) is 29.5. The molecule has 4 heteroatoms. The monoisotopic (exact) mass is 640 g/mol. The molecule has 8 bridgehead atoms. The SMILES string of the molecule is Cc1n(CC23CC4CC(CC(C4)C2)C3)cc[n+]1Cc1ccc(-c2ccc(C[n+]3ccn(CC45CC6CC(CC(C6)C4)C5)c3C)cc2)cc1. The van der Waals surface area contributed by atoms with Gasteiger partial charge >= 0.3 is 0 Å². The van der Waals surface area contributed by atoms with Crippen LogP contribution in [0, 0.1) is 60.2 Å². The van der Waals surface area contributed by atoms with Crippen molar-refractivity contribution in [2.75, 3.05) is 0 Å². The van der Waals surface area contributed by atoms with Crippen LogP contribution in [0.25, 0.3) is 11.1 Å². The van der Waals surface area contributed by atoms with E-state index in [2.05, 4.69) is 105 Å². The number of hydrogen-bond donors (Lipinski definition) is 0. The molecule has 8 saturated carbocycles. The van der Waals surface area contributed by atoms with E-state index in [4.69, 9.17) is 0 Å². The van der Waals surface area contributed by atoms with E-state index in [0.717, 1.165) is 48.6 Å². The van der Waals surface area contributed by atoms with Gasteiger partial charge < -0.3 is 0 Å². The lowest BCUT2D eigenvalue weighted by atomic mass is 9.49. The normalized spacial score (nSPS) is 34.4. The second-order valence-corrected chi connectivity index (χ2v) is 18.4. The standard InChI is InChI=1S/C44H56N4/c1-31-45(11-13-47(31)29-43-21-35-15-36(22-43)17-37(16-35)23-43)27-33-3-7-41(8-4-33)42-9-5-34(6-10-42)28-46-12-14-48(32(46)2)30-44-24-38-18-39(25-44)20-40(19-38)26-44/h3-14,35-40H,15-30H2,1-2H3/q+2. The summed E-state index contributed by atoms with van der Waals surface area (Å²) in [5, 5.41) is 0. The first-order valence-corrected chi connectivity index (χ1v) is 19.6. The largest absolute Gasteiger partial charge is 0.253 e. The molecule has 0 atom stereocenters. The fraction of sp³-hybridized carbons (Fsp3) is 0.591. The summed E-state index contributed by atoms with van der Waals surface area (Å²) >= 11 is 0. The summed E-state index contributed by atoms with van der Waals surface area (Å²) in [4.78, 5) is 0. The highest BCUT2D eigenvalue weighted by Crippen LogP contribution is 2.61. The summed E-state index contributed by atoms with van der Waals surface area (Å²) < 4.78 is 10.1. The van der Waals surface area contributed by atoms with Gasteiger partial charge in [-0.1, -0.05) is 48.5 Å². The van der Waals surface area contributed by atoms with Gasteiger partial charge in [0, 0.05) is 24.7 Å². The van der Waals surface area contributed by atoms with Crippen LogP contribution in [0.15, 0.2) is 73.3 Å². The molecule has 48 heavy (non-hydrogen) atoms. The van der Waals surface area contributed by atoms with E-state index in [1.807, 2.05) is 0 Å². The van der Waals surface area contributed by atoms with Crippen LogP contribution in [0.4, 0.5) is 0 Å². The number of imidazole rings is 2. The van der Waals surface area contributed by atoms with E-state index in [1.54, 1.807) is 0 Å². The van der Waals surface area contributed by atoms with Gasteiger partial charge in [-0.05, 0) is 135 Å². The molecule has 12 rings (SSSR count). The van der Waals surface area contributed by atoms with E-state index in [9.17, 15) is 0 Å². The van der Waals surface area contributed by atoms with E-state index >= 15 is 0 Å². The lowest BCUT2D eigenvalue weighted by molar-refractivity contribution is -0.694. The molecule has 2 aromatic carbocycles. The minimum Gasteiger partial charge on any atom is -0.234 e. The van der Waals surface area contributed by atoms with E-state index in [1.165, 1.54) is 124 Å². The highest BCUT2D eigenvalue weighted by molar-refractivity contribution is 5.63. The van der Waals surface area contributed by atoms with Gasteiger partial charge in [-0.25, -0.2) is 18.3 Å². The minimum atomic E-state index is 0.573. The Bertz CT molecular complexity index is 1600. The lowest BCUT2D eigenvalue weighted by Crippen LogP contribution is -2.48. The van der Waals surface area contributed by atoms with Crippen LogP contribution >= 0.6 is 0 Å². The van der Waals surface area contributed by atoms with Gasteiger partial charge in [0.15, 0.2) is 0 Å². The first-order chi connectivity index (χ1) is 23.3. The molecule has 2 aromatic heterocycles. The predicted molar refractivity (Wildman–Crippen MR) is 190 cm³/mol. The molecule has 0 radical (unpaired) electrons. The quantitative estimate of drug-likeness (QED) is 0.163. The molecule has 2 heterocycles. The third-order valence-electron chi connectivity index (χ3n) is 14.8. The Morgan fingerprint density at radius 2 is 0.812 bits per heavy atom. The van der Waals surface area contributed by atoms with Gasteiger partial charge in [-0.3, -0.25) is 0 Å². The Balaban J connectivity index is 0.775. The fourth-order valence-electron chi connectivity index (χ4n) is 13.4. The van der Waals surface area contributed by atoms with Crippen molar-refractivity contribution in [3.05, 3.63) is 96.1 Å². The Kier molecular flexibility index (Phi) is 6.93. The van der Waals surface area contributed by atoms with Crippen molar-refractivity contribution in [1.82, 2.24) is 9.13 Å². The molecule has 4 nitrogen and oxygen atoms in total. The van der Waals surface area contributed by atoms with Crippen LogP contribution in [0.3, 0.4) is 0 Å². The van der Waals surface area contributed by atoms with Gasteiger partial charge in [-0.2, -0.15) is 0 Å². The van der Waals surface area contributed by atoms with Gasteiger partial charge in [0.05, 0.1) is 13.1 Å². The number of rotatable bonds is 9. The Labute approximate surface area is 288 Å². The summed E-state index contributed by atoms with van der Waals surface area (Å²) in [6, 6.07) is 18.6. The van der Waals surface area contributed by atoms with E-state index in [-0.39, 0.29) is 0 Å². The van der Waals surface area contributed by atoms with Crippen LogP contribution in [-0.2, 0) is 26.2 Å². The number of hydrogen-bond acceptors (Lipinski definition) is 0. The molecular formula is C44H56N4+2. The molecule has 4 aromatic rings. The fourth-order valence-corrected chi connectivity index (χ4v) is 13.4. The highest BCUT2D eigenvalue weighted by Gasteiger charge is 2.53. The Morgan fingerprint density at radius 1 is 0.500 bits per heavy atom. The first-order valence-electron chi connectivity index (χ1n) is 19.6. The van der Waals surface area contributed by atoms with Crippen molar-refractivity contribution >= 4 is 0 Å². The number of nitrogens with zero attached hydrogens (tertiary/aromatic N) is 4. The zero-order chi connectivity index (χ0) is 32.0. The molecule has 0 unspecified atom stereocenters. The second kappa shape index (κ2) is 11.2. The Morgan fingerprint density at radius 3 is 1.12 bits per heavy atom. The molecule has 0 saturated heterocycles. The van der Waals surface area contributed by atoms with Crippen molar-refractivity contribution in [2.24, 2.45) is 46.3 Å². The van der Waals surface area contributed by atoms with Crippen molar-refractivity contribution < 1.29 is 9.13 Å². The molecule has 8 aliphatic carbocycles. The molecule has 0 spiro atoms. The van der Waals surface area contributed by atoms with Crippen LogP contribution in [-0.4, -0.2) is 9.13 Å². The molecular weight excluding hydrogens is 585 g/mol. The summed E-state index contributed by atoms with van der Waals surface area (Å²) in [5.41, 5.74) is 6.50. The van der Waals surface area contributed by atoms with Gasteiger partial charge in [0.1, 0.15) is 37.9 Å². The van der Waals surface area contributed by atoms with Crippen LogP contribution in [0.5, 0.6) is 0 Å². The van der Waals surface area contributed by atoms with E-state index < -0.39 is 0 Å². The maximum atomic E-state index is 2.58. The summed E-state index contributed by atoms with van der Waals surface area (Å²) in [6.07, 6.45) is 27.4. The minimum absolute atomic E-state index is 0.573. The van der Waals surface area contributed by atoms with Gasteiger partial charge in [-0.15, -0.1) is 0 Å². The van der Waals surface area contributed by atoms with Crippen LogP contribution in [0.2, 0.25) is 0 Å². The molecule has 0 amide bonds. The van der Waals surface area contributed by atoms with Crippen molar-refractivity contribution in [2.45, 2.75) is 117 Å². The average Bonchev–Trinajstić information content (AvgIpc) is 3.56. The van der Waals surface area contributed by atoms with Gasteiger partial charge in [0.25, 0.3) is 11.6 Å². The third kappa shape index (κ3) is 5.32. The zero-order valence-electron chi connectivity index (χ0n) is 29.5. The van der Waals surface area contributed by atoms with Crippen LogP contribution < -0.4 is 9.13 Å². The topological polar surface area (TPSA) is 17.6 Å². The number of aromatic nitrogens is 4. The smallest absolute Gasteiger partial charge is 0.234 e. The molecule has 8 aliphatic rings. The first kappa shape index (κ1) is 29.7. The molecule has 8 fully saturated rings. The third-order valence-corrected chi connectivity index (χ3v) is 14.8. The number of benzene rings is 2. The van der Waals surface area contributed by atoms with Gasteiger partial charge in [0.2, 0.25) is 0 Å². The summed E-state index contributed by atoms with van der Waals surface area (Å²) in [7, 11) is 0. The van der Waals surface area contributed by atoms with Crippen LogP contribution in [0.1, 0.15) is 99.8 Å². The molecule has 0 N–H and O–H groups in total. The lowest BCUT2D eigenvalue weighted by Gasteiger charge is -2.56. The molecule has 0 aliphatic heterocycles. The van der Waals surface area contributed by atoms with Crippen molar-refractivity contribution in [1.29, 1.82) is 0 Å². The predicted octanol–water partition coefficient (Wildman–Crippen LogP) is 8.68. The van der Waals surface area contributed by atoms with Crippen molar-refractivity contribution in [3.63, 3.8) is 0 Å². The second-order valence-electron chi connectivity index (χ2n) is 18.4. The van der Waals surface area contributed by atoms with E-state index in [0.29, 0.717) is 10.8 Å². The highest BCUT2D eigenvalue weighted by atomic mass is 15.2. The Hall–Kier alpha value is -3.14. The summed E-state index contributed by atoms with van der Waals surface area (Å²) in [6.45, 7) is 9.00. The maximum Gasteiger partial charge on any atom is 0.253 e. The summed E-state index contributed by atoms with van der Waals surface area (Å²) in [5.74, 6) is 8.92. The average molecular weight is 641 g/mol. The molecule has 250 valence electrons. The van der Waals surface area contributed by atoms with Crippen molar-refractivity contribution in [3.8, 4) is 11.1 Å². The maximum absolute atomic E-state index is 2.58.